The number of sulfone groups is 1. The van der Waals surface area contributed by atoms with Crippen molar-refractivity contribution in [2.75, 3.05) is 6.26 Å². The van der Waals surface area contributed by atoms with E-state index in [1.165, 1.54) is 29.7 Å². The molecule has 2 aromatic carbocycles. The van der Waals surface area contributed by atoms with Crippen LogP contribution in [0.2, 0.25) is 0 Å². The summed E-state index contributed by atoms with van der Waals surface area (Å²) in [7, 11) is -3.22. The monoisotopic (exact) mass is 377 g/mol. The van der Waals surface area contributed by atoms with Gasteiger partial charge in [0.05, 0.1) is 20.5 Å². The SMILES string of the molecule is CC.Cc1nc(-c2ccc(S(C)(=O)=O)cc2)c(-c2ccc(F)cc2)s1. The zero-order valence-corrected chi connectivity index (χ0v) is 16.2. The molecule has 25 heavy (non-hydrogen) atoms. The number of hydrogen-bond acceptors (Lipinski definition) is 4. The first-order valence-electron chi connectivity index (χ1n) is 7.88. The molecule has 0 saturated heterocycles. The van der Waals surface area contributed by atoms with Crippen molar-refractivity contribution in [1.82, 2.24) is 4.98 Å². The van der Waals surface area contributed by atoms with Gasteiger partial charge in [-0.25, -0.2) is 17.8 Å². The molecule has 0 N–H and O–H groups in total. The van der Waals surface area contributed by atoms with Crippen LogP contribution in [0.15, 0.2) is 53.4 Å². The van der Waals surface area contributed by atoms with Gasteiger partial charge in [-0.3, -0.25) is 0 Å². The molecular formula is C19H20FNO2S2. The predicted octanol–water partition coefficient (Wildman–Crippen LogP) is 5.35. The first-order chi connectivity index (χ1) is 11.8. The second-order valence-electron chi connectivity index (χ2n) is 5.21. The van der Waals surface area contributed by atoms with Crippen molar-refractivity contribution >= 4 is 21.2 Å². The van der Waals surface area contributed by atoms with Crippen molar-refractivity contribution in [2.24, 2.45) is 0 Å². The van der Waals surface area contributed by atoms with E-state index >= 15 is 0 Å². The maximum Gasteiger partial charge on any atom is 0.175 e. The van der Waals surface area contributed by atoms with Crippen LogP contribution in [0.1, 0.15) is 18.9 Å². The third-order valence-corrected chi connectivity index (χ3v) is 5.54. The molecule has 0 spiro atoms. The minimum atomic E-state index is -3.22. The molecule has 3 nitrogen and oxygen atoms in total. The van der Waals surface area contributed by atoms with Crippen LogP contribution in [0.5, 0.6) is 0 Å². The van der Waals surface area contributed by atoms with Crippen LogP contribution in [0.4, 0.5) is 4.39 Å². The lowest BCUT2D eigenvalue weighted by molar-refractivity contribution is 0.602. The largest absolute Gasteiger partial charge is 0.241 e. The molecule has 0 amide bonds. The second kappa shape index (κ2) is 7.89. The molecular weight excluding hydrogens is 357 g/mol. The van der Waals surface area contributed by atoms with Crippen molar-refractivity contribution in [3.63, 3.8) is 0 Å². The van der Waals surface area contributed by atoms with Gasteiger partial charge in [-0.05, 0) is 36.8 Å². The lowest BCUT2D eigenvalue weighted by atomic mass is 10.1. The molecule has 0 fully saturated rings. The molecule has 0 aliphatic carbocycles. The van der Waals surface area contributed by atoms with E-state index in [1.807, 2.05) is 20.8 Å². The number of hydrogen-bond donors (Lipinski definition) is 0. The van der Waals surface area contributed by atoms with E-state index < -0.39 is 9.84 Å². The average Bonchev–Trinajstić information content (AvgIpc) is 2.98. The van der Waals surface area contributed by atoms with Crippen LogP contribution in [0.25, 0.3) is 21.7 Å². The number of benzene rings is 2. The maximum absolute atomic E-state index is 13.1. The molecule has 0 aliphatic heterocycles. The number of halogens is 1. The molecule has 0 bridgehead atoms. The Hall–Kier alpha value is -2.05. The Morgan fingerprint density at radius 2 is 1.44 bits per heavy atom. The van der Waals surface area contributed by atoms with Crippen LogP contribution in [-0.4, -0.2) is 19.7 Å². The summed E-state index contributed by atoms with van der Waals surface area (Å²) in [6.45, 7) is 5.91. The van der Waals surface area contributed by atoms with Crippen LogP contribution >= 0.6 is 11.3 Å². The Balaban J connectivity index is 0.00000109. The van der Waals surface area contributed by atoms with Crippen LogP contribution in [-0.2, 0) is 9.84 Å². The van der Waals surface area contributed by atoms with Crippen LogP contribution < -0.4 is 0 Å². The van der Waals surface area contributed by atoms with Gasteiger partial charge in [0.15, 0.2) is 9.84 Å². The van der Waals surface area contributed by atoms with Gasteiger partial charge in [0.25, 0.3) is 0 Å². The van der Waals surface area contributed by atoms with Gasteiger partial charge in [0.2, 0.25) is 0 Å². The Morgan fingerprint density at radius 3 is 1.96 bits per heavy atom. The number of nitrogens with zero attached hydrogens (tertiary/aromatic N) is 1. The summed E-state index contributed by atoms with van der Waals surface area (Å²) in [5.74, 6) is -0.283. The highest BCUT2D eigenvalue weighted by Crippen LogP contribution is 2.36. The van der Waals surface area contributed by atoms with E-state index in [0.717, 1.165) is 26.7 Å². The fraction of sp³-hybridized carbons (Fsp3) is 0.211. The van der Waals surface area contributed by atoms with Crippen molar-refractivity contribution in [2.45, 2.75) is 25.7 Å². The average molecular weight is 378 g/mol. The smallest absolute Gasteiger partial charge is 0.175 e. The van der Waals surface area contributed by atoms with Gasteiger partial charge in [-0.15, -0.1) is 11.3 Å². The van der Waals surface area contributed by atoms with Crippen molar-refractivity contribution in [3.05, 3.63) is 59.4 Å². The summed E-state index contributed by atoms with van der Waals surface area (Å²) in [5, 5.41) is 0.895. The number of aromatic nitrogens is 1. The van der Waals surface area contributed by atoms with Gasteiger partial charge in [-0.2, -0.15) is 0 Å². The molecule has 0 aliphatic rings. The molecule has 1 heterocycles. The van der Waals surface area contributed by atoms with Crippen molar-refractivity contribution in [1.29, 1.82) is 0 Å². The number of aryl methyl sites for hydroxylation is 1. The van der Waals surface area contributed by atoms with Gasteiger partial charge in [-0.1, -0.05) is 38.1 Å². The molecule has 0 radical (unpaired) electrons. The molecule has 3 aromatic rings. The molecule has 132 valence electrons. The lowest BCUT2D eigenvalue weighted by Gasteiger charge is -2.04. The highest BCUT2D eigenvalue weighted by molar-refractivity contribution is 7.90. The summed E-state index contributed by atoms with van der Waals surface area (Å²) < 4.78 is 36.2. The zero-order valence-electron chi connectivity index (χ0n) is 14.6. The Morgan fingerprint density at radius 1 is 0.920 bits per heavy atom. The Kier molecular flexibility index (Phi) is 6.08. The first-order valence-corrected chi connectivity index (χ1v) is 10.6. The van der Waals surface area contributed by atoms with Crippen LogP contribution in [0, 0.1) is 12.7 Å². The molecule has 1 aromatic heterocycles. The highest BCUT2D eigenvalue weighted by Gasteiger charge is 2.14. The zero-order chi connectivity index (χ0) is 18.6. The standard InChI is InChI=1S/C17H14FNO2S2.C2H6/c1-11-19-16(12-5-9-15(10-6-12)23(2,20)21)17(22-11)13-3-7-14(18)8-4-13;1-2/h3-10H,1-2H3;1-2H3. The van der Waals surface area contributed by atoms with Gasteiger partial charge in [0, 0.05) is 11.8 Å². The third kappa shape index (κ3) is 4.52. The van der Waals surface area contributed by atoms with Gasteiger partial charge < -0.3 is 0 Å². The minimum Gasteiger partial charge on any atom is -0.241 e. The van der Waals surface area contributed by atoms with Crippen LogP contribution in [0.3, 0.4) is 0 Å². The first kappa shape index (κ1) is 19.3. The van der Waals surface area contributed by atoms with E-state index in [2.05, 4.69) is 4.98 Å². The fourth-order valence-corrected chi connectivity index (χ4v) is 3.86. The third-order valence-electron chi connectivity index (χ3n) is 3.40. The Labute approximate surface area is 152 Å². The maximum atomic E-state index is 13.1. The van der Waals surface area contributed by atoms with E-state index in [0.29, 0.717) is 0 Å². The molecule has 0 unspecified atom stereocenters. The highest BCUT2D eigenvalue weighted by atomic mass is 32.2. The topological polar surface area (TPSA) is 47.0 Å². The summed E-state index contributed by atoms with van der Waals surface area (Å²) in [5.41, 5.74) is 2.50. The van der Waals surface area contributed by atoms with Gasteiger partial charge in [0.1, 0.15) is 5.82 Å². The molecule has 0 saturated carbocycles. The number of thiazole rings is 1. The fourth-order valence-electron chi connectivity index (χ4n) is 2.28. The van der Waals surface area contributed by atoms with Crippen molar-refractivity contribution < 1.29 is 12.8 Å². The normalized spacial score (nSPS) is 10.9. The lowest BCUT2D eigenvalue weighted by Crippen LogP contribution is -1.96. The Bertz CT molecular complexity index is 944. The van der Waals surface area contributed by atoms with Crippen molar-refractivity contribution in [3.8, 4) is 21.7 Å². The van der Waals surface area contributed by atoms with E-state index in [9.17, 15) is 12.8 Å². The second-order valence-corrected chi connectivity index (χ2v) is 8.43. The van der Waals surface area contributed by atoms with Gasteiger partial charge >= 0.3 is 0 Å². The summed E-state index contributed by atoms with van der Waals surface area (Å²) >= 11 is 1.53. The summed E-state index contributed by atoms with van der Waals surface area (Å²) in [6.07, 6.45) is 1.18. The summed E-state index contributed by atoms with van der Waals surface area (Å²) in [4.78, 5) is 5.76. The minimum absolute atomic E-state index is 0.275. The predicted molar refractivity (Wildman–Crippen MR) is 102 cm³/mol. The quantitative estimate of drug-likeness (QED) is 0.618. The summed E-state index contributed by atoms with van der Waals surface area (Å²) in [6, 6.07) is 12.9. The molecule has 3 rings (SSSR count). The van der Waals surface area contributed by atoms with E-state index in [-0.39, 0.29) is 10.7 Å². The molecule has 0 atom stereocenters. The van der Waals surface area contributed by atoms with E-state index in [4.69, 9.17) is 0 Å². The van der Waals surface area contributed by atoms with E-state index in [1.54, 1.807) is 36.4 Å². The molecule has 6 heteroatoms. The number of rotatable bonds is 3.